The number of rotatable bonds is 9. The Morgan fingerprint density at radius 3 is 2.38 bits per heavy atom. The van der Waals surface area contributed by atoms with E-state index >= 15 is 0 Å². The average Bonchev–Trinajstić information content (AvgIpc) is 3.15. The number of nitrogens with zero attached hydrogens (tertiary/aromatic N) is 1. The number of guanidine groups is 1. The highest BCUT2D eigenvalue weighted by Gasteiger charge is 2.30. The first-order chi connectivity index (χ1) is 13.1. The molecule has 0 saturated carbocycles. The Balaban J connectivity index is 0.00000784. The number of ether oxygens (including phenoxy) is 1. The van der Waals surface area contributed by atoms with Gasteiger partial charge in [-0.3, -0.25) is 4.99 Å². The van der Waals surface area contributed by atoms with E-state index in [1.807, 2.05) is 41.5 Å². The standard InChI is InChI=1S/C20H36N4O4.HI/c1-7-20(8-2,24-18(26)28-19(4,5)6)14-23-17(21-9-3)22-13-15(25)16-11-10-12-27-16;/h10-12,15,25H,7-9,13-14H2,1-6H3,(H,24,26)(H2,21,22,23);1H. The molecular formula is C20H37IN4O4. The minimum Gasteiger partial charge on any atom is -0.467 e. The highest BCUT2D eigenvalue weighted by atomic mass is 127. The second-order valence-electron chi connectivity index (χ2n) is 7.72. The van der Waals surface area contributed by atoms with Gasteiger partial charge in [-0.05, 0) is 52.7 Å². The van der Waals surface area contributed by atoms with Gasteiger partial charge in [-0.15, -0.1) is 24.0 Å². The normalized spacial score (nSPS) is 13.3. The summed E-state index contributed by atoms with van der Waals surface area (Å²) in [5.74, 6) is 1.05. The van der Waals surface area contributed by atoms with E-state index in [2.05, 4.69) is 20.9 Å². The van der Waals surface area contributed by atoms with Crippen LogP contribution >= 0.6 is 24.0 Å². The lowest BCUT2D eigenvalue weighted by atomic mass is 9.93. The topological polar surface area (TPSA) is 108 Å². The lowest BCUT2D eigenvalue weighted by Gasteiger charge is -2.32. The molecule has 1 aromatic rings. The van der Waals surface area contributed by atoms with Gasteiger partial charge in [0.1, 0.15) is 17.5 Å². The minimum absolute atomic E-state index is 0. The van der Waals surface area contributed by atoms with Crippen molar-refractivity contribution in [3.8, 4) is 0 Å². The SMILES string of the molecule is CCNC(=NCC(CC)(CC)NC(=O)OC(C)(C)C)NCC(O)c1ccco1.I. The van der Waals surface area contributed by atoms with Crippen molar-refractivity contribution in [2.24, 2.45) is 4.99 Å². The van der Waals surface area contributed by atoms with Crippen LogP contribution in [0.15, 0.2) is 27.8 Å². The van der Waals surface area contributed by atoms with Crippen LogP contribution in [0.3, 0.4) is 0 Å². The Morgan fingerprint density at radius 1 is 1.24 bits per heavy atom. The van der Waals surface area contributed by atoms with Crippen LogP contribution in [0, 0.1) is 0 Å². The van der Waals surface area contributed by atoms with Gasteiger partial charge in [-0.2, -0.15) is 0 Å². The molecule has 0 saturated heterocycles. The molecule has 9 heteroatoms. The predicted octanol–water partition coefficient (Wildman–Crippen LogP) is 3.57. The van der Waals surface area contributed by atoms with Crippen molar-refractivity contribution in [3.63, 3.8) is 0 Å². The summed E-state index contributed by atoms with van der Waals surface area (Å²) in [6.07, 6.45) is 1.72. The van der Waals surface area contributed by atoms with Gasteiger partial charge in [0, 0.05) is 6.54 Å². The first-order valence-corrected chi connectivity index (χ1v) is 9.89. The number of halogens is 1. The van der Waals surface area contributed by atoms with Gasteiger partial charge in [0.25, 0.3) is 0 Å². The zero-order valence-corrected chi connectivity index (χ0v) is 20.7. The maximum Gasteiger partial charge on any atom is 0.408 e. The molecule has 0 fully saturated rings. The van der Waals surface area contributed by atoms with Crippen molar-refractivity contribution in [2.75, 3.05) is 19.6 Å². The Hall–Kier alpha value is -1.49. The van der Waals surface area contributed by atoms with E-state index in [1.54, 1.807) is 12.1 Å². The summed E-state index contributed by atoms with van der Waals surface area (Å²) in [6.45, 7) is 12.8. The summed E-state index contributed by atoms with van der Waals surface area (Å²) in [7, 11) is 0. The number of aliphatic hydroxyl groups is 1. The molecule has 1 aromatic heterocycles. The fraction of sp³-hybridized carbons (Fsp3) is 0.700. The third-order valence-electron chi connectivity index (χ3n) is 4.34. The third-order valence-corrected chi connectivity index (χ3v) is 4.34. The molecule has 29 heavy (non-hydrogen) atoms. The van der Waals surface area contributed by atoms with Gasteiger partial charge < -0.3 is 30.2 Å². The van der Waals surface area contributed by atoms with Crippen LogP contribution in [0.4, 0.5) is 4.79 Å². The maximum atomic E-state index is 12.3. The first kappa shape index (κ1) is 27.5. The first-order valence-electron chi connectivity index (χ1n) is 9.89. The third kappa shape index (κ3) is 10.2. The number of alkyl carbamates (subject to hydrolysis) is 1. The molecule has 1 atom stereocenters. The highest BCUT2D eigenvalue weighted by Crippen LogP contribution is 2.18. The molecular weight excluding hydrogens is 487 g/mol. The number of furan rings is 1. The number of aliphatic imine (C=N–C) groups is 1. The zero-order chi connectivity index (χ0) is 21.2. The van der Waals surface area contributed by atoms with E-state index in [0.29, 0.717) is 37.7 Å². The van der Waals surface area contributed by atoms with Gasteiger partial charge in [0.15, 0.2) is 5.96 Å². The van der Waals surface area contributed by atoms with Crippen molar-refractivity contribution < 1.29 is 19.1 Å². The molecule has 8 nitrogen and oxygen atoms in total. The molecule has 0 aliphatic carbocycles. The Morgan fingerprint density at radius 2 is 1.90 bits per heavy atom. The number of aliphatic hydroxyl groups excluding tert-OH is 1. The van der Waals surface area contributed by atoms with E-state index in [0.717, 1.165) is 0 Å². The van der Waals surface area contributed by atoms with Crippen LogP contribution in [0.1, 0.15) is 66.2 Å². The van der Waals surface area contributed by atoms with Crippen LogP contribution in [-0.4, -0.2) is 47.9 Å². The summed E-state index contributed by atoms with van der Waals surface area (Å²) in [4.78, 5) is 16.9. The molecule has 1 heterocycles. The summed E-state index contributed by atoms with van der Waals surface area (Å²) in [5, 5.41) is 19.4. The Labute approximate surface area is 191 Å². The zero-order valence-electron chi connectivity index (χ0n) is 18.4. The largest absolute Gasteiger partial charge is 0.467 e. The highest BCUT2D eigenvalue weighted by molar-refractivity contribution is 14.0. The number of hydrogen-bond donors (Lipinski definition) is 4. The van der Waals surface area contributed by atoms with Gasteiger partial charge in [0.05, 0.1) is 24.9 Å². The van der Waals surface area contributed by atoms with Gasteiger partial charge in [0.2, 0.25) is 0 Å². The number of nitrogens with one attached hydrogen (secondary N) is 3. The van der Waals surface area contributed by atoms with E-state index in [4.69, 9.17) is 9.15 Å². The number of carbonyl (C=O) groups excluding carboxylic acids is 1. The van der Waals surface area contributed by atoms with Crippen molar-refractivity contribution >= 4 is 36.0 Å². The number of hydrogen-bond acceptors (Lipinski definition) is 5. The molecule has 4 N–H and O–H groups in total. The van der Waals surface area contributed by atoms with Gasteiger partial charge in [-0.1, -0.05) is 13.8 Å². The molecule has 1 rings (SSSR count). The van der Waals surface area contributed by atoms with Crippen molar-refractivity contribution in [1.29, 1.82) is 0 Å². The molecule has 1 unspecified atom stereocenters. The van der Waals surface area contributed by atoms with Crippen LogP contribution in [0.2, 0.25) is 0 Å². The van der Waals surface area contributed by atoms with Crippen LogP contribution in [0.5, 0.6) is 0 Å². The fourth-order valence-corrected chi connectivity index (χ4v) is 2.56. The smallest absolute Gasteiger partial charge is 0.408 e. The molecule has 0 bridgehead atoms. The lowest BCUT2D eigenvalue weighted by molar-refractivity contribution is 0.0452. The van der Waals surface area contributed by atoms with E-state index < -0.39 is 23.3 Å². The lowest BCUT2D eigenvalue weighted by Crippen LogP contribution is -2.52. The number of amides is 1. The van der Waals surface area contributed by atoms with Gasteiger partial charge in [-0.25, -0.2) is 4.79 Å². The Bertz CT molecular complexity index is 610. The van der Waals surface area contributed by atoms with E-state index in [-0.39, 0.29) is 30.5 Å². The average molecular weight is 524 g/mol. The van der Waals surface area contributed by atoms with Crippen LogP contribution < -0.4 is 16.0 Å². The van der Waals surface area contributed by atoms with Crippen molar-refractivity contribution in [2.45, 2.75) is 71.6 Å². The molecule has 1 amide bonds. The summed E-state index contributed by atoms with van der Waals surface area (Å²) in [6, 6.07) is 3.46. The molecule has 168 valence electrons. The van der Waals surface area contributed by atoms with E-state index in [9.17, 15) is 9.90 Å². The van der Waals surface area contributed by atoms with Crippen molar-refractivity contribution in [1.82, 2.24) is 16.0 Å². The van der Waals surface area contributed by atoms with Crippen LogP contribution in [0.25, 0.3) is 0 Å². The minimum atomic E-state index is -0.777. The van der Waals surface area contributed by atoms with E-state index in [1.165, 1.54) is 6.26 Å². The predicted molar refractivity (Wildman–Crippen MR) is 126 cm³/mol. The van der Waals surface area contributed by atoms with Crippen molar-refractivity contribution in [3.05, 3.63) is 24.2 Å². The fourth-order valence-electron chi connectivity index (χ4n) is 2.56. The monoisotopic (exact) mass is 524 g/mol. The Kier molecular flexibility index (Phi) is 12.3. The summed E-state index contributed by atoms with van der Waals surface area (Å²) < 4.78 is 10.6. The second kappa shape index (κ2) is 12.9. The molecule has 0 aliphatic heterocycles. The maximum absolute atomic E-state index is 12.3. The summed E-state index contributed by atoms with van der Waals surface area (Å²) in [5.41, 5.74) is -1.07. The molecule has 0 aromatic carbocycles. The van der Waals surface area contributed by atoms with Crippen LogP contribution in [-0.2, 0) is 4.74 Å². The quantitative estimate of drug-likeness (QED) is 0.224. The number of carbonyl (C=O) groups is 1. The second-order valence-corrected chi connectivity index (χ2v) is 7.72. The summed E-state index contributed by atoms with van der Waals surface area (Å²) >= 11 is 0. The molecule has 0 aliphatic rings. The molecule has 0 spiro atoms. The van der Waals surface area contributed by atoms with Gasteiger partial charge >= 0.3 is 6.09 Å². The molecule has 0 radical (unpaired) electrons.